The smallest absolute Gasteiger partial charge is 0.221 e. The number of hydrogen-bond acceptors (Lipinski definition) is 5. The average molecular weight is 727 g/mol. The molecule has 56 heavy (non-hydrogen) atoms. The van der Waals surface area contributed by atoms with Crippen LogP contribution in [0.25, 0.3) is 22.4 Å². The second-order valence-corrected chi connectivity index (χ2v) is 17.2. The summed E-state index contributed by atoms with van der Waals surface area (Å²) >= 11 is 0. The predicted octanol–water partition coefficient (Wildman–Crippen LogP) is 12.1. The quantitative estimate of drug-likeness (QED) is 0.177. The molecule has 1 spiro atoms. The molecule has 7 aromatic rings. The summed E-state index contributed by atoms with van der Waals surface area (Å²) in [5.74, 6) is 3.12. The lowest BCUT2D eigenvalue weighted by Gasteiger charge is -2.25. The summed E-state index contributed by atoms with van der Waals surface area (Å²) < 4.78 is 6.90. The largest absolute Gasteiger partial charge is 0.439 e. The van der Waals surface area contributed by atoms with Crippen molar-refractivity contribution in [1.29, 1.82) is 0 Å². The van der Waals surface area contributed by atoms with Gasteiger partial charge in [0.2, 0.25) is 5.88 Å². The van der Waals surface area contributed by atoms with Crippen molar-refractivity contribution in [1.82, 2.24) is 9.97 Å². The molecule has 5 aromatic carbocycles. The third-order valence-corrected chi connectivity index (χ3v) is 12.4. The number of ether oxygens (including phenoxy) is 1. The van der Waals surface area contributed by atoms with Gasteiger partial charge in [0.15, 0.2) is 0 Å². The number of rotatable bonds is 5. The number of aromatic nitrogens is 2. The van der Waals surface area contributed by atoms with Crippen LogP contribution in [0, 0.1) is 5.41 Å². The summed E-state index contributed by atoms with van der Waals surface area (Å²) in [4.78, 5) is 17.4. The van der Waals surface area contributed by atoms with E-state index < -0.39 is 0 Å². The van der Waals surface area contributed by atoms with Crippen molar-refractivity contribution in [2.45, 2.75) is 57.8 Å². The SMILES string of the molecule is CC(C)(C)c1cc(Oc2cc(-c3ccc4c(c3)CC3(Cc5ccccc5C3)C4)cc(-c3ccccn3)c2)nc(N2C3=Nc4ccccc4C3c3ccccc32)c1. The van der Waals surface area contributed by atoms with Crippen molar-refractivity contribution >= 4 is 23.0 Å². The highest BCUT2D eigenvalue weighted by molar-refractivity contribution is 6.18. The molecule has 5 nitrogen and oxygen atoms in total. The first kappa shape index (κ1) is 33.0. The molecule has 0 N–H and O–H groups in total. The van der Waals surface area contributed by atoms with Crippen LogP contribution < -0.4 is 9.64 Å². The number of pyridine rings is 2. The van der Waals surface area contributed by atoms with Gasteiger partial charge in [-0.05, 0) is 135 Å². The van der Waals surface area contributed by atoms with Gasteiger partial charge in [-0.1, -0.05) is 106 Å². The summed E-state index contributed by atoms with van der Waals surface area (Å²) in [7, 11) is 0. The Morgan fingerprint density at radius 2 is 1.32 bits per heavy atom. The molecule has 0 radical (unpaired) electrons. The van der Waals surface area contributed by atoms with Gasteiger partial charge in [-0.3, -0.25) is 9.88 Å². The highest BCUT2D eigenvalue weighted by Crippen LogP contribution is 2.52. The van der Waals surface area contributed by atoms with E-state index in [1.165, 1.54) is 38.9 Å². The van der Waals surface area contributed by atoms with E-state index >= 15 is 0 Å². The van der Waals surface area contributed by atoms with Crippen molar-refractivity contribution in [3.05, 3.63) is 185 Å². The van der Waals surface area contributed by atoms with Crippen LogP contribution in [0.3, 0.4) is 0 Å². The van der Waals surface area contributed by atoms with Gasteiger partial charge >= 0.3 is 0 Å². The van der Waals surface area contributed by atoms with Crippen molar-refractivity contribution in [2.24, 2.45) is 10.4 Å². The molecule has 0 amide bonds. The molecule has 272 valence electrons. The van der Waals surface area contributed by atoms with E-state index in [9.17, 15) is 0 Å². The number of hydrogen-bond donors (Lipinski definition) is 0. The van der Waals surface area contributed by atoms with Crippen molar-refractivity contribution in [3.63, 3.8) is 0 Å². The normalized spacial score (nSPS) is 16.9. The zero-order valence-electron chi connectivity index (χ0n) is 32.0. The second kappa shape index (κ2) is 12.3. The molecule has 0 fully saturated rings. The molecule has 1 unspecified atom stereocenters. The zero-order valence-corrected chi connectivity index (χ0v) is 32.0. The molecule has 2 aliphatic carbocycles. The van der Waals surface area contributed by atoms with Gasteiger partial charge in [-0.2, -0.15) is 4.98 Å². The summed E-state index contributed by atoms with van der Waals surface area (Å²) in [6.45, 7) is 6.71. The first-order valence-electron chi connectivity index (χ1n) is 19.8. The van der Waals surface area contributed by atoms with Crippen molar-refractivity contribution in [2.75, 3.05) is 4.90 Å². The van der Waals surface area contributed by atoms with E-state index in [1.54, 1.807) is 0 Å². The Balaban J connectivity index is 0.986. The van der Waals surface area contributed by atoms with E-state index in [-0.39, 0.29) is 11.3 Å². The minimum Gasteiger partial charge on any atom is -0.439 e. The lowest BCUT2D eigenvalue weighted by Crippen LogP contribution is -2.24. The van der Waals surface area contributed by atoms with Crippen LogP contribution >= 0.6 is 0 Å². The molecular formula is C51H42N4O. The van der Waals surface area contributed by atoms with E-state index in [0.717, 1.165) is 76.8 Å². The minimum absolute atomic E-state index is 0.0654. The molecule has 4 aliphatic rings. The van der Waals surface area contributed by atoms with Crippen LogP contribution in [0.4, 0.5) is 17.2 Å². The number of nitrogens with zero attached hydrogens (tertiary/aromatic N) is 4. The van der Waals surface area contributed by atoms with Gasteiger partial charge in [-0.25, -0.2) is 4.99 Å². The Labute approximate surface area is 328 Å². The van der Waals surface area contributed by atoms with Crippen molar-refractivity contribution < 1.29 is 4.74 Å². The summed E-state index contributed by atoms with van der Waals surface area (Å²) in [5.41, 5.74) is 16.1. The monoisotopic (exact) mass is 726 g/mol. The van der Waals surface area contributed by atoms with E-state index in [1.807, 2.05) is 18.3 Å². The topological polar surface area (TPSA) is 50.6 Å². The third-order valence-electron chi connectivity index (χ3n) is 12.4. The van der Waals surface area contributed by atoms with Crippen LogP contribution in [0.5, 0.6) is 11.6 Å². The van der Waals surface area contributed by atoms with Gasteiger partial charge < -0.3 is 4.74 Å². The molecule has 0 bridgehead atoms. The minimum atomic E-state index is -0.154. The number of aliphatic imine (C=N–C) groups is 1. The Morgan fingerprint density at radius 1 is 0.625 bits per heavy atom. The van der Waals surface area contributed by atoms with E-state index in [2.05, 4.69) is 153 Å². The Hall–Kier alpha value is -6.33. The molecule has 4 heterocycles. The molecule has 0 saturated carbocycles. The third kappa shape index (κ3) is 5.48. The maximum Gasteiger partial charge on any atom is 0.221 e. The molecule has 2 aliphatic heterocycles. The maximum absolute atomic E-state index is 6.90. The number of anilines is 2. The Bertz CT molecular complexity index is 2720. The van der Waals surface area contributed by atoms with Crippen molar-refractivity contribution in [3.8, 4) is 34.0 Å². The number of amidine groups is 1. The van der Waals surface area contributed by atoms with Crippen LogP contribution in [-0.2, 0) is 31.1 Å². The molecule has 0 saturated heterocycles. The molecule has 11 rings (SSSR count). The van der Waals surface area contributed by atoms with Crippen LogP contribution in [0.1, 0.15) is 65.6 Å². The zero-order chi connectivity index (χ0) is 37.6. The fourth-order valence-electron chi connectivity index (χ4n) is 9.70. The fourth-order valence-corrected chi connectivity index (χ4v) is 9.70. The lowest BCUT2D eigenvalue weighted by molar-refractivity contribution is 0.326. The standard InChI is InChI=1S/C51H42N4O/c1-50(2,3)39-26-46(55-45-18-9-7-15-42(45)48-41-14-6-8-17-44(41)53-49(48)55)54-47(27-39)56-40-24-36(23-37(25-40)43-16-10-11-21-52-43)32-19-20-35-30-51(31-38(35)22-32)28-33-12-4-5-13-34(33)29-51/h4-27,48H,28-31H2,1-3H3. The molecule has 1 atom stereocenters. The number of para-hydroxylation sites is 2. The van der Waals surface area contributed by atoms with E-state index in [0.29, 0.717) is 11.3 Å². The first-order chi connectivity index (χ1) is 27.3. The summed E-state index contributed by atoms with van der Waals surface area (Å²) in [6, 6.07) is 50.0. The Kier molecular flexibility index (Phi) is 7.28. The summed E-state index contributed by atoms with van der Waals surface area (Å²) in [6.07, 6.45) is 6.42. The summed E-state index contributed by atoms with van der Waals surface area (Å²) in [5, 5.41) is 0. The van der Waals surface area contributed by atoms with Gasteiger partial charge in [0.1, 0.15) is 17.4 Å². The van der Waals surface area contributed by atoms with Gasteiger partial charge in [0.25, 0.3) is 0 Å². The molecular weight excluding hydrogens is 685 g/mol. The van der Waals surface area contributed by atoms with Gasteiger partial charge in [0, 0.05) is 17.8 Å². The number of fused-ring (bicyclic) bond motifs is 7. The van der Waals surface area contributed by atoms with Gasteiger partial charge in [-0.15, -0.1) is 0 Å². The fraction of sp³-hybridized carbons (Fsp3) is 0.196. The first-order valence-corrected chi connectivity index (χ1v) is 19.8. The van der Waals surface area contributed by atoms with Crippen LogP contribution in [0.2, 0.25) is 0 Å². The average Bonchev–Trinajstić information content (AvgIpc) is 3.95. The van der Waals surface area contributed by atoms with Gasteiger partial charge in [0.05, 0.1) is 23.0 Å². The highest BCUT2D eigenvalue weighted by Gasteiger charge is 2.43. The van der Waals surface area contributed by atoms with Crippen LogP contribution in [0.15, 0.2) is 151 Å². The lowest BCUT2D eigenvalue weighted by atomic mass is 9.82. The Morgan fingerprint density at radius 3 is 2.11 bits per heavy atom. The predicted molar refractivity (Wildman–Crippen MR) is 226 cm³/mol. The molecule has 5 heteroatoms. The highest BCUT2D eigenvalue weighted by atomic mass is 16.5. The van der Waals surface area contributed by atoms with Crippen LogP contribution in [-0.4, -0.2) is 15.8 Å². The maximum atomic E-state index is 6.90. The van der Waals surface area contributed by atoms with E-state index in [4.69, 9.17) is 19.7 Å². The number of benzene rings is 5. The molecule has 2 aromatic heterocycles. The second-order valence-electron chi connectivity index (χ2n) is 17.2.